The van der Waals surface area contributed by atoms with Gasteiger partial charge in [-0.3, -0.25) is 4.79 Å². The number of hydrogen-bond acceptors (Lipinski definition) is 7. The molecule has 154 valence electrons. The van der Waals surface area contributed by atoms with Gasteiger partial charge in [0.1, 0.15) is 18.0 Å². The summed E-state index contributed by atoms with van der Waals surface area (Å²) in [7, 11) is -1.22. The molecular weight excluding hydrogens is 416 g/mol. The van der Waals surface area contributed by atoms with Crippen molar-refractivity contribution in [3.63, 3.8) is 0 Å². The van der Waals surface area contributed by atoms with Gasteiger partial charge in [0.05, 0.1) is 35.9 Å². The van der Waals surface area contributed by atoms with E-state index >= 15 is 0 Å². The van der Waals surface area contributed by atoms with Gasteiger partial charge < -0.3 is 18.8 Å². The van der Waals surface area contributed by atoms with Crippen molar-refractivity contribution < 1.29 is 27.4 Å². The number of fused-ring (bicyclic) bond motifs is 1. The summed E-state index contributed by atoms with van der Waals surface area (Å²) >= 11 is 1.15. The van der Waals surface area contributed by atoms with Gasteiger partial charge in [0, 0.05) is 0 Å². The van der Waals surface area contributed by atoms with Gasteiger partial charge in [-0.1, -0.05) is 11.3 Å². The number of aromatic nitrogens is 1. The molecule has 1 aromatic heterocycles. The fraction of sp³-hybridized carbons (Fsp3) is 0.263. The van der Waals surface area contributed by atoms with Gasteiger partial charge in [-0.2, -0.15) is 8.42 Å². The van der Waals surface area contributed by atoms with Crippen molar-refractivity contribution in [1.82, 2.24) is 4.57 Å². The van der Waals surface area contributed by atoms with Crippen LogP contribution >= 0.6 is 11.3 Å². The molecule has 10 heteroatoms. The van der Waals surface area contributed by atoms with E-state index in [0.717, 1.165) is 16.0 Å². The molecule has 0 atom stereocenters. The predicted octanol–water partition coefficient (Wildman–Crippen LogP) is 2.57. The van der Waals surface area contributed by atoms with Gasteiger partial charge in [0.15, 0.2) is 0 Å². The normalized spacial score (nSPS) is 12.2. The third-order valence-electron chi connectivity index (χ3n) is 4.04. The van der Waals surface area contributed by atoms with Gasteiger partial charge in [0.2, 0.25) is 4.80 Å². The number of hydrogen-bond donors (Lipinski definition) is 0. The van der Waals surface area contributed by atoms with Crippen LogP contribution in [0.1, 0.15) is 6.92 Å². The molecule has 0 N–H and O–H groups in total. The molecule has 8 nitrogen and oxygen atoms in total. The molecule has 0 saturated carbocycles. The Kier molecular flexibility index (Phi) is 6.23. The molecule has 0 radical (unpaired) electrons. The van der Waals surface area contributed by atoms with E-state index in [4.69, 9.17) is 14.2 Å². The Hall–Kier alpha value is -2.85. The summed E-state index contributed by atoms with van der Waals surface area (Å²) in [5.74, 6) is 0.674. The number of nitrogens with zero attached hydrogens (tertiary/aromatic N) is 2. The van der Waals surface area contributed by atoms with Crippen LogP contribution in [-0.2, 0) is 26.1 Å². The zero-order valence-corrected chi connectivity index (χ0v) is 17.7. The van der Waals surface area contributed by atoms with E-state index in [0.29, 0.717) is 23.6 Å². The monoisotopic (exact) mass is 436 g/mol. The van der Waals surface area contributed by atoms with E-state index in [9.17, 15) is 13.2 Å². The molecule has 0 fully saturated rings. The number of sulfonamides is 1. The Balaban J connectivity index is 2.16. The number of esters is 1. The van der Waals surface area contributed by atoms with Gasteiger partial charge in [0.25, 0.3) is 10.0 Å². The third-order valence-corrected chi connectivity index (χ3v) is 6.47. The standard InChI is InChI=1S/C19H20N2O6S2/c1-4-27-14-7-10-16-17(11-14)28-19(21(16)12-18(22)26-3)20-29(23,24)15-8-5-13(25-2)6-9-15/h5-11H,4,12H2,1-3H3. The smallest absolute Gasteiger partial charge is 0.325 e. The minimum Gasteiger partial charge on any atom is -0.497 e. The van der Waals surface area contributed by atoms with Crippen LogP contribution < -0.4 is 14.3 Å². The maximum Gasteiger partial charge on any atom is 0.325 e. The van der Waals surface area contributed by atoms with Crippen LogP contribution in [0.4, 0.5) is 0 Å². The summed E-state index contributed by atoms with van der Waals surface area (Å²) in [4.78, 5) is 12.1. The second-order valence-electron chi connectivity index (χ2n) is 5.85. The van der Waals surface area contributed by atoms with Crippen molar-refractivity contribution in [2.45, 2.75) is 18.4 Å². The van der Waals surface area contributed by atoms with E-state index in [1.807, 2.05) is 6.92 Å². The minimum absolute atomic E-state index is 0.0235. The van der Waals surface area contributed by atoms with Crippen molar-refractivity contribution in [3.05, 3.63) is 47.3 Å². The molecule has 29 heavy (non-hydrogen) atoms. The SMILES string of the molecule is CCOc1ccc2c(c1)sc(=NS(=O)(=O)c1ccc(OC)cc1)n2CC(=O)OC. The molecule has 0 amide bonds. The topological polar surface area (TPSA) is 96.2 Å². The van der Waals surface area contributed by atoms with Crippen molar-refractivity contribution in [3.8, 4) is 11.5 Å². The lowest BCUT2D eigenvalue weighted by atomic mass is 10.3. The molecule has 3 aromatic rings. The molecule has 2 aromatic carbocycles. The number of ether oxygens (including phenoxy) is 3. The first-order valence-corrected chi connectivity index (χ1v) is 10.9. The van der Waals surface area contributed by atoms with E-state index in [1.54, 1.807) is 30.3 Å². The predicted molar refractivity (Wildman–Crippen MR) is 109 cm³/mol. The lowest BCUT2D eigenvalue weighted by molar-refractivity contribution is -0.141. The Bertz CT molecular complexity index is 1190. The largest absolute Gasteiger partial charge is 0.497 e. The highest BCUT2D eigenvalue weighted by Crippen LogP contribution is 2.24. The lowest BCUT2D eigenvalue weighted by Crippen LogP contribution is -2.22. The summed E-state index contributed by atoms with van der Waals surface area (Å²) in [6.07, 6.45) is 0. The molecule has 0 spiro atoms. The fourth-order valence-corrected chi connectivity index (χ4v) is 4.89. The van der Waals surface area contributed by atoms with Crippen LogP contribution in [0.15, 0.2) is 51.8 Å². The number of rotatable bonds is 7. The first-order chi connectivity index (χ1) is 13.9. The summed E-state index contributed by atoms with van der Waals surface area (Å²) in [5, 5.41) is 0. The van der Waals surface area contributed by atoms with Crippen LogP contribution in [0.25, 0.3) is 10.2 Å². The van der Waals surface area contributed by atoms with Crippen LogP contribution in [0, 0.1) is 0 Å². The Labute approximate surface area is 172 Å². The summed E-state index contributed by atoms with van der Waals surface area (Å²) in [6, 6.07) is 11.2. The van der Waals surface area contributed by atoms with Crippen LogP contribution in [0.2, 0.25) is 0 Å². The zero-order valence-electron chi connectivity index (χ0n) is 16.1. The number of carbonyl (C=O) groups excluding carboxylic acids is 1. The van der Waals surface area contributed by atoms with Crippen molar-refractivity contribution in [2.75, 3.05) is 20.8 Å². The van der Waals surface area contributed by atoms with Crippen molar-refractivity contribution in [2.24, 2.45) is 4.40 Å². The molecule has 0 aliphatic rings. The number of benzene rings is 2. The molecule has 0 aliphatic heterocycles. The number of thiazole rings is 1. The van der Waals surface area contributed by atoms with Crippen LogP contribution in [0.3, 0.4) is 0 Å². The Morgan fingerprint density at radius 1 is 1.10 bits per heavy atom. The molecule has 3 rings (SSSR count). The van der Waals surface area contributed by atoms with E-state index < -0.39 is 16.0 Å². The second kappa shape index (κ2) is 8.66. The fourth-order valence-electron chi connectivity index (χ4n) is 2.63. The zero-order chi connectivity index (χ0) is 21.0. The first kappa shape index (κ1) is 20.9. The Morgan fingerprint density at radius 2 is 1.79 bits per heavy atom. The van der Waals surface area contributed by atoms with E-state index in [1.165, 1.54) is 30.9 Å². The maximum atomic E-state index is 12.8. The van der Waals surface area contributed by atoms with Gasteiger partial charge in [-0.15, -0.1) is 4.40 Å². The summed E-state index contributed by atoms with van der Waals surface area (Å²) in [6.45, 7) is 2.21. The van der Waals surface area contributed by atoms with Gasteiger partial charge >= 0.3 is 5.97 Å². The first-order valence-electron chi connectivity index (χ1n) is 8.66. The maximum absolute atomic E-state index is 12.8. The van der Waals surface area contributed by atoms with Crippen molar-refractivity contribution in [1.29, 1.82) is 0 Å². The van der Waals surface area contributed by atoms with E-state index in [2.05, 4.69) is 4.40 Å². The van der Waals surface area contributed by atoms with Gasteiger partial charge in [-0.25, -0.2) is 0 Å². The molecule has 0 unspecified atom stereocenters. The van der Waals surface area contributed by atoms with Crippen molar-refractivity contribution >= 4 is 37.5 Å². The molecule has 0 aliphatic carbocycles. The quantitative estimate of drug-likeness (QED) is 0.528. The van der Waals surface area contributed by atoms with Crippen LogP contribution in [-0.4, -0.2) is 39.8 Å². The second-order valence-corrected chi connectivity index (χ2v) is 8.46. The number of carbonyl (C=O) groups is 1. The summed E-state index contributed by atoms with van der Waals surface area (Å²) in [5.41, 5.74) is 0.660. The highest BCUT2D eigenvalue weighted by atomic mass is 32.2. The summed E-state index contributed by atoms with van der Waals surface area (Å²) < 4.78 is 47.1. The average Bonchev–Trinajstić information content (AvgIpc) is 3.03. The highest BCUT2D eigenvalue weighted by Gasteiger charge is 2.17. The molecule has 0 bridgehead atoms. The molecular formula is C19H20N2O6S2. The van der Waals surface area contributed by atoms with E-state index in [-0.39, 0.29) is 16.2 Å². The average molecular weight is 437 g/mol. The highest BCUT2D eigenvalue weighted by molar-refractivity contribution is 7.90. The van der Waals surface area contributed by atoms with Crippen LogP contribution in [0.5, 0.6) is 11.5 Å². The minimum atomic E-state index is -4.00. The molecule has 1 heterocycles. The third kappa shape index (κ3) is 4.60. The lowest BCUT2D eigenvalue weighted by Gasteiger charge is -2.05. The van der Waals surface area contributed by atoms with Gasteiger partial charge in [-0.05, 0) is 49.4 Å². The Morgan fingerprint density at radius 3 is 2.41 bits per heavy atom. The number of methoxy groups -OCH3 is 2. The molecule has 0 saturated heterocycles.